The van der Waals surface area contributed by atoms with Crippen LogP contribution in [0.5, 0.6) is 0 Å². The van der Waals surface area contributed by atoms with E-state index in [0.717, 1.165) is 64.2 Å². The highest BCUT2D eigenvalue weighted by molar-refractivity contribution is 5.75. The number of nitrogens with one attached hydrogen (secondary N) is 2. The molecule has 144 valence electrons. The molecule has 0 saturated heterocycles. The lowest BCUT2D eigenvalue weighted by atomic mass is 9.83. The van der Waals surface area contributed by atoms with Crippen molar-refractivity contribution >= 4 is 11.8 Å². The van der Waals surface area contributed by atoms with Crippen LogP contribution < -0.4 is 22.5 Å². The van der Waals surface area contributed by atoms with Gasteiger partial charge < -0.3 is 4.74 Å². The van der Waals surface area contributed by atoms with E-state index >= 15 is 0 Å². The van der Waals surface area contributed by atoms with Gasteiger partial charge >= 0.3 is 0 Å². The van der Waals surface area contributed by atoms with Gasteiger partial charge in [0.15, 0.2) is 0 Å². The summed E-state index contributed by atoms with van der Waals surface area (Å²) in [6.07, 6.45) is 12.7. The first-order valence-electron chi connectivity index (χ1n) is 9.75. The van der Waals surface area contributed by atoms with Gasteiger partial charge in [-0.15, -0.1) is 0 Å². The second-order valence-corrected chi connectivity index (χ2v) is 7.63. The molecular formula is C18H34N4O3. The minimum atomic E-state index is -0.0703. The van der Waals surface area contributed by atoms with Crippen molar-refractivity contribution in [3.05, 3.63) is 0 Å². The van der Waals surface area contributed by atoms with Crippen molar-refractivity contribution in [1.29, 1.82) is 0 Å². The van der Waals surface area contributed by atoms with Crippen LogP contribution in [0.4, 0.5) is 0 Å². The van der Waals surface area contributed by atoms with E-state index in [1.54, 1.807) is 0 Å². The molecule has 2 aliphatic carbocycles. The molecular weight excluding hydrogens is 320 g/mol. The van der Waals surface area contributed by atoms with Gasteiger partial charge in [-0.1, -0.05) is 0 Å². The van der Waals surface area contributed by atoms with Crippen LogP contribution in [-0.4, -0.2) is 24.0 Å². The predicted octanol–water partition coefficient (Wildman–Crippen LogP) is 1.66. The normalized spacial score (nSPS) is 29.8. The first-order valence-corrected chi connectivity index (χ1v) is 9.75. The molecule has 25 heavy (non-hydrogen) atoms. The average molecular weight is 354 g/mol. The first-order chi connectivity index (χ1) is 12.1. The average Bonchev–Trinajstić information content (AvgIpc) is 2.66. The Morgan fingerprint density at radius 2 is 1.08 bits per heavy atom. The summed E-state index contributed by atoms with van der Waals surface area (Å²) in [5, 5.41) is 0. The molecule has 2 saturated carbocycles. The van der Waals surface area contributed by atoms with E-state index in [-0.39, 0.29) is 11.8 Å². The van der Waals surface area contributed by atoms with Crippen LogP contribution in [-0.2, 0) is 14.3 Å². The lowest BCUT2D eigenvalue weighted by Crippen LogP contribution is -2.32. The van der Waals surface area contributed by atoms with Gasteiger partial charge in [0.05, 0.1) is 12.2 Å². The van der Waals surface area contributed by atoms with E-state index in [9.17, 15) is 9.59 Å². The molecule has 0 bridgehead atoms. The Labute approximate surface area is 150 Å². The molecule has 0 aromatic rings. The topological polar surface area (TPSA) is 119 Å². The van der Waals surface area contributed by atoms with Gasteiger partial charge in [-0.2, -0.15) is 0 Å². The monoisotopic (exact) mass is 354 g/mol. The summed E-state index contributed by atoms with van der Waals surface area (Å²) in [4.78, 5) is 22.4. The highest BCUT2D eigenvalue weighted by atomic mass is 16.5. The fourth-order valence-electron chi connectivity index (χ4n) is 4.20. The number of carbonyl (C=O) groups excluding carboxylic acids is 2. The third kappa shape index (κ3) is 7.30. The van der Waals surface area contributed by atoms with E-state index in [0.29, 0.717) is 36.9 Å². The number of hydrogen-bond donors (Lipinski definition) is 4. The molecule has 7 heteroatoms. The maximum atomic E-state index is 11.2. The number of nitrogens with two attached hydrogens (primary N) is 2. The zero-order valence-electron chi connectivity index (χ0n) is 15.2. The number of carbonyl (C=O) groups is 2. The Hall–Kier alpha value is -1.18. The maximum Gasteiger partial charge on any atom is 0.233 e. The van der Waals surface area contributed by atoms with E-state index in [4.69, 9.17) is 16.4 Å². The summed E-state index contributed by atoms with van der Waals surface area (Å²) in [5.74, 6) is 11.4. The van der Waals surface area contributed by atoms with E-state index in [2.05, 4.69) is 10.9 Å². The summed E-state index contributed by atoms with van der Waals surface area (Å²) in [5.41, 5.74) is 4.39. The number of hydrogen-bond acceptors (Lipinski definition) is 5. The minimum Gasteiger partial charge on any atom is -0.375 e. The molecule has 0 atom stereocenters. The summed E-state index contributed by atoms with van der Waals surface area (Å²) >= 11 is 0. The number of rotatable bonds is 8. The summed E-state index contributed by atoms with van der Waals surface area (Å²) in [6.45, 7) is 0. The van der Waals surface area contributed by atoms with Gasteiger partial charge in [0.1, 0.15) is 0 Å². The van der Waals surface area contributed by atoms with Gasteiger partial charge in [0.25, 0.3) is 0 Å². The van der Waals surface area contributed by atoms with Crippen LogP contribution in [0.3, 0.4) is 0 Å². The molecule has 2 fully saturated rings. The smallest absolute Gasteiger partial charge is 0.233 e. The summed E-state index contributed by atoms with van der Waals surface area (Å²) in [7, 11) is 0. The number of amides is 2. The Morgan fingerprint density at radius 1 is 0.720 bits per heavy atom. The third-order valence-electron chi connectivity index (χ3n) is 5.85. The van der Waals surface area contributed by atoms with E-state index in [1.165, 1.54) is 0 Å². The number of ether oxygens (including phenoxy) is 1. The van der Waals surface area contributed by atoms with Crippen LogP contribution in [0.15, 0.2) is 0 Å². The predicted molar refractivity (Wildman–Crippen MR) is 95.7 cm³/mol. The van der Waals surface area contributed by atoms with Gasteiger partial charge in [-0.3, -0.25) is 20.4 Å². The Balaban J connectivity index is 1.57. The van der Waals surface area contributed by atoms with Gasteiger partial charge in [-0.25, -0.2) is 11.7 Å². The van der Waals surface area contributed by atoms with E-state index in [1.807, 2.05) is 0 Å². The standard InChI is InChI=1S/C18H34N4O3/c19-21-17(23)11-5-13-1-7-15(8-2-13)25-16-9-3-14(4-10-16)6-12-18(24)22-20/h13-16H,1-12,19-20H2,(H,21,23)(H,22,24). The summed E-state index contributed by atoms with van der Waals surface area (Å²) in [6, 6.07) is 0. The Kier molecular flexibility index (Phi) is 8.64. The molecule has 0 aliphatic heterocycles. The molecule has 0 aromatic carbocycles. The molecule has 6 N–H and O–H groups in total. The van der Waals surface area contributed by atoms with Crippen molar-refractivity contribution in [2.24, 2.45) is 23.5 Å². The second-order valence-electron chi connectivity index (χ2n) is 7.63. The molecule has 2 rings (SSSR count). The van der Waals surface area contributed by atoms with Crippen LogP contribution in [0.2, 0.25) is 0 Å². The second kappa shape index (κ2) is 10.7. The highest BCUT2D eigenvalue weighted by Gasteiger charge is 2.27. The van der Waals surface area contributed by atoms with Gasteiger partial charge in [0.2, 0.25) is 11.8 Å². The fraction of sp³-hybridized carbons (Fsp3) is 0.889. The zero-order chi connectivity index (χ0) is 18.1. The molecule has 2 amide bonds. The molecule has 0 heterocycles. The van der Waals surface area contributed by atoms with Gasteiger partial charge in [-0.05, 0) is 76.0 Å². The van der Waals surface area contributed by atoms with Crippen molar-refractivity contribution in [2.45, 2.75) is 89.3 Å². The van der Waals surface area contributed by atoms with Gasteiger partial charge in [0, 0.05) is 12.8 Å². The minimum absolute atomic E-state index is 0.0703. The number of hydrazine groups is 2. The maximum absolute atomic E-state index is 11.2. The zero-order valence-corrected chi connectivity index (χ0v) is 15.2. The quantitative estimate of drug-likeness (QED) is 0.300. The molecule has 0 spiro atoms. The first kappa shape index (κ1) is 20.1. The molecule has 0 radical (unpaired) electrons. The molecule has 7 nitrogen and oxygen atoms in total. The third-order valence-corrected chi connectivity index (χ3v) is 5.85. The lowest BCUT2D eigenvalue weighted by Gasteiger charge is -2.34. The molecule has 0 aromatic heterocycles. The van der Waals surface area contributed by atoms with Crippen molar-refractivity contribution in [1.82, 2.24) is 10.9 Å². The summed E-state index contributed by atoms with van der Waals surface area (Å²) < 4.78 is 6.32. The van der Waals surface area contributed by atoms with Crippen molar-refractivity contribution in [3.63, 3.8) is 0 Å². The van der Waals surface area contributed by atoms with Crippen LogP contribution in [0.1, 0.15) is 77.0 Å². The van der Waals surface area contributed by atoms with Crippen molar-refractivity contribution < 1.29 is 14.3 Å². The van der Waals surface area contributed by atoms with Crippen molar-refractivity contribution in [2.75, 3.05) is 0 Å². The van der Waals surface area contributed by atoms with Crippen LogP contribution in [0.25, 0.3) is 0 Å². The van der Waals surface area contributed by atoms with Crippen molar-refractivity contribution in [3.8, 4) is 0 Å². The largest absolute Gasteiger partial charge is 0.375 e. The Bertz CT molecular complexity index is 379. The highest BCUT2D eigenvalue weighted by Crippen LogP contribution is 2.34. The van der Waals surface area contributed by atoms with E-state index < -0.39 is 0 Å². The van der Waals surface area contributed by atoms with Crippen LogP contribution >= 0.6 is 0 Å². The lowest BCUT2D eigenvalue weighted by molar-refractivity contribution is -0.122. The Morgan fingerprint density at radius 3 is 1.40 bits per heavy atom. The molecule has 2 aliphatic rings. The van der Waals surface area contributed by atoms with Crippen LogP contribution in [0, 0.1) is 11.8 Å². The molecule has 0 unspecified atom stereocenters. The fourth-order valence-corrected chi connectivity index (χ4v) is 4.20. The SMILES string of the molecule is NNC(=O)CCC1CCC(OC2CCC(CCC(=O)NN)CC2)CC1.